The van der Waals surface area contributed by atoms with E-state index in [0.29, 0.717) is 30.3 Å². The number of guanidine groups is 1. The van der Waals surface area contributed by atoms with E-state index in [1.54, 1.807) is 18.3 Å². The van der Waals surface area contributed by atoms with Crippen molar-refractivity contribution in [2.45, 2.75) is 52.2 Å². The summed E-state index contributed by atoms with van der Waals surface area (Å²) in [6.45, 7) is 9.95. The van der Waals surface area contributed by atoms with E-state index in [9.17, 15) is 4.39 Å². The average Bonchev–Trinajstić information content (AvgIpc) is 2.73. The molecule has 0 unspecified atom stereocenters. The Labute approximate surface area is 201 Å². The molecule has 1 aromatic carbocycles. The van der Waals surface area contributed by atoms with E-state index >= 15 is 0 Å². The maximum absolute atomic E-state index is 13.5. The number of nitrogens with zero attached hydrogens (tertiary/aromatic N) is 3. The molecule has 0 radical (unpaired) electrons. The monoisotopic (exact) mass is 541 g/mol. The maximum Gasteiger partial charge on any atom is 0.224 e. The molecule has 2 heterocycles. The van der Waals surface area contributed by atoms with Crippen LogP contribution in [0.4, 0.5) is 4.39 Å². The second-order valence-corrected chi connectivity index (χ2v) is 7.77. The third-order valence-corrected chi connectivity index (χ3v) is 5.21. The number of aliphatic imine (C=N–C) groups is 1. The van der Waals surface area contributed by atoms with E-state index in [1.807, 2.05) is 12.1 Å². The molecule has 8 heteroatoms. The Morgan fingerprint density at radius 2 is 2.03 bits per heavy atom. The number of hydrogen-bond donors (Lipinski definition) is 2. The van der Waals surface area contributed by atoms with Gasteiger partial charge in [-0.05, 0) is 51.8 Å². The number of ether oxygens (including phenoxy) is 1. The first-order valence-corrected chi connectivity index (χ1v) is 10.7. The lowest BCUT2D eigenvalue weighted by molar-refractivity contribution is 0.167. The minimum atomic E-state index is -0.342. The molecule has 6 nitrogen and oxygen atoms in total. The Morgan fingerprint density at radius 3 is 2.71 bits per heavy atom. The van der Waals surface area contributed by atoms with Gasteiger partial charge in [-0.25, -0.2) is 14.4 Å². The molecule has 1 saturated heterocycles. The topological polar surface area (TPSA) is 61.8 Å². The zero-order valence-electron chi connectivity index (χ0n) is 18.5. The number of benzene rings is 1. The molecule has 170 valence electrons. The van der Waals surface area contributed by atoms with E-state index in [4.69, 9.17) is 9.73 Å². The van der Waals surface area contributed by atoms with Crippen LogP contribution in [0.25, 0.3) is 0 Å². The molecule has 0 amide bonds. The summed E-state index contributed by atoms with van der Waals surface area (Å²) in [4.78, 5) is 11.6. The fraction of sp³-hybridized carbons (Fsp3) is 0.478. The van der Waals surface area contributed by atoms with Gasteiger partial charge in [0.25, 0.3) is 0 Å². The van der Waals surface area contributed by atoms with Crippen molar-refractivity contribution in [3.63, 3.8) is 0 Å². The van der Waals surface area contributed by atoms with Crippen LogP contribution in [-0.2, 0) is 6.54 Å². The third-order valence-electron chi connectivity index (χ3n) is 5.21. The lowest BCUT2D eigenvalue weighted by Gasteiger charge is -2.35. The lowest BCUT2D eigenvalue weighted by Crippen LogP contribution is -2.49. The van der Waals surface area contributed by atoms with Crippen molar-refractivity contribution in [2.75, 3.05) is 19.6 Å². The fourth-order valence-electron chi connectivity index (χ4n) is 3.52. The number of hydrogen-bond acceptors (Lipinski definition) is 4. The minimum Gasteiger partial charge on any atom is -0.439 e. The van der Waals surface area contributed by atoms with Crippen molar-refractivity contribution in [1.82, 2.24) is 20.5 Å². The molecular weight excluding hydrogens is 508 g/mol. The number of nitrogens with one attached hydrogen (secondary N) is 2. The zero-order chi connectivity index (χ0) is 21.3. The second-order valence-electron chi connectivity index (χ2n) is 7.77. The number of aromatic nitrogens is 1. The summed E-state index contributed by atoms with van der Waals surface area (Å²) in [5, 5.41) is 6.89. The first kappa shape index (κ1) is 25.3. The molecule has 31 heavy (non-hydrogen) atoms. The smallest absolute Gasteiger partial charge is 0.224 e. The molecule has 1 aromatic heterocycles. The normalized spacial score (nSPS) is 15.5. The first-order chi connectivity index (χ1) is 14.5. The van der Waals surface area contributed by atoms with E-state index in [2.05, 4.69) is 41.3 Å². The van der Waals surface area contributed by atoms with Crippen molar-refractivity contribution in [3.8, 4) is 11.6 Å². The van der Waals surface area contributed by atoms with E-state index in [0.717, 1.165) is 44.0 Å². The number of pyridine rings is 1. The highest BCUT2D eigenvalue weighted by molar-refractivity contribution is 14.0. The van der Waals surface area contributed by atoms with Gasteiger partial charge in [-0.3, -0.25) is 0 Å². The molecule has 0 bridgehead atoms. The van der Waals surface area contributed by atoms with Gasteiger partial charge in [-0.2, -0.15) is 0 Å². The van der Waals surface area contributed by atoms with Crippen LogP contribution in [0.2, 0.25) is 0 Å². The van der Waals surface area contributed by atoms with E-state index in [1.165, 1.54) is 12.1 Å². The molecule has 1 fully saturated rings. The zero-order valence-corrected chi connectivity index (χ0v) is 20.8. The minimum absolute atomic E-state index is 0. The van der Waals surface area contributed by atoms with Crippen molar-refractivity contribution in [3.05, 3.63) is 54.0 Å². The summed E-state index contributed by atoms with van der Waals surface area (Å²) in [5.41, 5.74) is 0.841. The average molecular weight is 541 g/mol. The van der Waals surface area contributed by atoms with Gasteiger partial charge in [0.2, 0.25) is 5.88 Å². The summed E-state index contributed by atoms with van der Waals surface area (Å²) >= 11 is 0. The SMILES string of the molecule is CCNC(=NCc1cccnc1Oc1cccc(F)c1)NC1CCN(C(C)C)CC1.I. The van der Waals surface area contributed by atoms with Gasteiger partial charge in [0.15, 0.2) is 5.96 Å². The van der Waals surface area contributed by atoms with Gasteiger partial charge >= 0.3 is 0 Å². The molecule has 1 aliphatic rings. The summed E-state index contributed by atoms with van der Waals surface area (Å²) in [5.74, 6) is 1.31. The molecule has 2 N–H and O–H groups in total. The highest BCUT2D eigenvalue weighted by Gasteiger charge is 2.21. The Morgan fingerprint density at radius 1 is 1.26 bits per heavy atom. The van der Waals surface area contributed by atoms with Crippen LogP contribution in [-0.4, -0.2) is 47.6 Å². The quantitative estimate of drug-likeness (QED) is 0.306. The Kier molecular flexibility index (Phi) is 10.5. The van der Waals surface area contributed by atoms with Gasteiger partial charge in [0, 0.05) is 49.5 Å². The molecule has 3 rings (SSSR count). The van der Waals surface area contributed by atoms with E-state index in [-0.39, 0.29) is 29.8 Å². The van der Waals surface area contributed by atoms with Crippen LogP contribution >= 0.6 is 24.0 Å². The highest BCUT2D eigenvalue weighted by Crippen LogP contribution is 2.24. The van der Waals surface area contributed by atoms with Crippen LogP contribution in [0.1, 0.15) is 39.2 Å². The fourth-order valence-corrected chi connectivity index (χ4v) is 3.52. The van der Waals surface area contributed by atoms with Crippen LogP contribution in [0.15, 0.2) is 47.6 Å². The Bertz CT molecular complexity index is 840. The predicted octanol–water partition coefficient (Wildman–Crippen LogP) is 4.56. The molecule has 0 spiro atoms. The molecule has 2 aromatic rings. The van der Waals surface area contributed by atoms with Crippen LogP contribution in [0.3, 0.4) is 0 Å². The molecule has 0 saturated carbocycles. The summed E-state index contributed by atoms with van der Waals surface area (Å²) < 4.78 is 19.3. The molecule has 0 aliphatic carbocycles. The van der Waals surface area contributed by atoms with Gasteiger partial charge in [0.1, 0.15) is 11.6 Å². The third kappa shape index (κ3) is 7.92. The van der Waals surface area contributed by atoms with Crippen molar-refractivity contribution in [2.24, 2.45) is 4.99 Å². The Hall–Kier alpha value is -1.94. The highest BCUT2D eigenvalue weighted by atomic mass is 127. The summed E-state index contributed by atoms with van der Waals surface area (Å²) in [7, 11) is 0. The van der Waals surface area contributed by atoms with Crippen LogP contribution in [0, 0.1) is 5.82 Å². The van der Waals surface area contributed by atoms with Gasteiger partial charge < -0.3 is 20.3 Å². The van der Waals surface area contributed by atoms with Crippen molar-refractivity contribution < 1.29 is 9.13 Å². The Balaban J connectivity index is 0.00000341. The number of piperidine rings is 1. The molecule has 0 atom stereocenters. The first-order valence-electron chi connectivity index (χ1n) is 10.7. The summed E-state index contributed by atoms with van der Waals surface area (Å²) in [6.07, 6.45) is 3.86. The van der Waals surface area contributed by atoms with Crippen LogP contribution < -0.4 is 15.4 Å². The second kappa shape index (κ2) is 12.8. The maximum atomic E-state index is 13.5. The van der Waals surface area contributed by atoms with Gasteiger partial charge in [0.05, 0.1) is 6.54 Å². The lowest BCUT2D eigenvalue weighted by atomic mass is 10.0. The van der Waals surface area contributed by atoms with Crippen molar-refractivity contribution >= 4 is 29.9 Å². The number of likely N-dealkylation sites (tertiary alicyclic amines) is 1. The number of rotatable bonds is 7. The van der Waals surface area contributed by atoms with Crippen LogP contribution in [0.5, 0.6) is 11.6 Å². The van der Waals surface area contributed by atoms with Gasteiger partial charge in [-0.1, -0.05) is 12.1 Å². The predicted molar refractivity (Wildman–Crippen MR) is 134 cm³/mol. The standard InChI is InChI=1S/C23H32FN5O.HI/c1-4-25-23(28-20-10-13-29(14-11-20)17(2)3)27-16-18-7-6-12-26-22(18)30-21-9-5-8-19(24)15-21;/h5-9,12,15,17,20H,4,10-11,13-14,16H2,1-3H3,(H2,25,27,28);1H. The number of halogens is 2. The van der Waals surface area contributed by atoms with Gasteiger partial charge in [-0.15, -0.1) is 24.0 Å². The summed E-state index contributed by atoms with van der Waals surface area (Å²) in [6, 6.07) is 10.8. The largest absolute Gasteiger partial charge is 0.439 e. The molecule has 1 aliphatic heterocycles. The van der Waals surface area contributed by atoms with Crippen molar-refractivity contribution in [1.29, 1.82) is 0 Å². The van der Waals surface area contributed by atoms with E-state index < -0.39 is 0 Å². The molecular formula is C23H33FIN5O.